The molecule has 0 amide bonds. The van der Waals surface area contributed by atoms with Gasteiger partial charge in [0.1, 0.15) is 0 Å². The van der Waals surface area contributed by atoms with Crippen LogP contribution in [0.3, 0.4) is 0 Å². The first-order chi connectivity index (χ1) is 8.22. The number of aromatic nitrogens is 3. The van der Waals surface area contributed by atoms with E-state index in [1.54, 1.807) is 22.0 Å². The molecule has 0 aliphatic rings. The zero-order valence-corrected chi connectivity index (χ0v) is 10.2. The smallest absolute Gasteiger partial charge is 0.158 e. The Morgan fingerprint density at radius 3 is 3.12 bits per heavy atom. The molecule has 2 N–H and O–H groups in total. The number of pyridine rings is 1. The van der Waals surface area contributed by atoms with Crippen molar-refractivity contribution in [3.63, 3.8) is 0 Å². The molecule has 0 aliphatic heterocycles. The van der Waals surface area contributed by atoms with Gasteiger partial charge >= 0.3 is 0 Å². The minimum atomic E-state index is 0.711. The first-order valence-electron chi connectivity index (χ1n) is 5.36. The van der Waals surface area contributed by atoms with Gasteiger partial charge in [0.25, 0.3) is 0 Å². The summed E-state index contributed by atoms with van der Waals surface area (Å²) in [5.41, 5.74) is 8.43. The van der Waals surface area contributed by atoms with Gasteiger partial charge in [-0.15, -0.1) is 11.3 Å². The maximum atomic E-state index is 5.78. The number of aryl methyl sites for hydroxylation is 1. The monoisotopic (exact) mass is 244 g/mol. The molecule has 4 nitrogen and oxygen atoms in total. The van der Waals surface area contributed by atoms with E-state index in [1.807, 2.05) is 19.1 Å². The second-order valence-electron chi connectivity index (χ2n) is 4.01. The van der Waals surface area contributed by atoms with Crippen molar-refractivity contribution in [2.24, 2.45) is 0 Å². The molecule has 0 saturated heterocycles. The Morgan fingerprint density at radius 2 is 2.35 bits per heavy atom. The largest absolute Gasteiger partial charge is 0.397 e. The molecule has 0 saturated carbocycles. The van der Waals surface area contributed by atoms with Crippen LogP contribution in [0.1, 0.15) is 16.3 Å². The van der Waals surface area contributed by atoms with Gasteiger partial charge in [0.05, 0.1) is 11.9 Å². The van der Waals surface area contributed by atoms with Crippen LogP contribution in [0.5, 0.6) is 0 Å². The van der Waals surface area contributed by atoms with Gasteiger partial charge in [-0.05, 0) is 30.0 Å². The van der Waals surface area contributed by atoms with Crippen LogP contribution in [-0.2, 0) is 6.42 Å². The van der Waals surface area contributed by atoms with Gasteiger partial charge < -0.3 is 5.73 Å². The summed E-state index contributed by atoms with van der Waals surface area (Å²) in [5.74, 6) is 0.834. The van der Waals surface area contributed by atoms with Crippen molar-refractivity contribution in [1.82, 2.24) is 14.6 Å². The van der Waals surface area contributed by atoms with E-state index in [4.69, 9.17) is 5.73 Å². The lowest BCUT2D eigenvalue weighted by molar-refractivity contribution is 0.904. The number of rotatable bonds is 2. The lowest BCUT2D eigenvalue weighted by Gasteiger charge is -1.97. The number of thiophene rings is 1. The van der Waals surface area contributed by atoms with Crippen LogP contribution in [0.25, 0.3) is 5.65 Å². The molecule has 5 heteroatoms. The van der Waals surface area contributed by atoms with E-state index < -0.39 is 0 Å². The molecule has 0 radical (unpaired) electrons. The number of nitrogen functional groups attached to an aromatic ring is 1. The van der Waals surface area contributed by atoms with E-state index in [9.17, 15) is 0 Å². The standard InChI is InChI=1S/C12H12N4S/c1-8-5-9(13)7-16-12(8)14-11(15-16)6-10-3-2-4-17-10/h2-5,7H,6,13H2,1H3. The second-order valence-corrected chi connectivity index (χ2v) is 5.04. The van der Waals surface area contributed by atoms with Gasteiger partial charge in [0.2, 0.25) is 0 Å². The average Bonchev–Trinajstić information content (AvgIpc) is 2.87. The summed E-state index contributed by atoms with van der Waals surface area (Å²) in [4.78, 5) is 5.80. The molecule has 86 valence electrons. The van der Waals surface area contributed by atoms with Gasteiger partial charge in [-0.1, -0.05) is 6.07 Å². The number of hydrogen-bond donors (Lipinski definition) is 1. The maximum Gasteiger partial charge on any atom is 0.158 e. The fraction of sp³-hybridized carbons (Fsp3) is 0.167. The van der Waals surface area contributed by atoms with Crippen molar-refractivity contribution >= 4 is 22.7 Å². The van der Waals surface area contributed by atoms with Crippen LogP contribution in [-0.4, -0.2) is 14.6 Å². The van der Waals surface area contributed by atoms with E-state index in [0.717, 1.165) is 23.5 Å². The molecule has 0 unspecified atom stereocenters. The SMILES string of the molecule is Cc1cc(N)cn2nc(Cc3cccs3)nc12. The summed E-state index contributed by atoms with van der Waals surface area (Å²) < 4.78 is 1.76. The summed E-state index contributed by atoms with van der Waals surface area (Å²) in [6.07, 6.45) is 2.58. The third-order valence-electron chi connectivity index (χ3n) is 2.59. The van der Waals surface area contributed by atoms with Crippen LogP contribution in [0, 0.1) is 6.92 Å². The lowest BCUT2D eigenvalue weighted by Crippen LogP contribution is -1.94. The van der Waals surface area contributed by atoms with E-state index in [0.29, 0.717) is 5.69 Å². The zero-order valence-electron chi connectivity index (χ0n) is 9.42. The molecule has 0 aliphatic carbocycles. The van der Waals surface area contributed by atoms with Gasteiger partial charge in [0, 0.05) is 11.3 Å². The highest BCUT2D eigenvalue weighted by molar-refractivity contribution is 7.09. The number of anilines is 1. The first kappa shape index (κ1) is 10.3. The Labute approximate surface area is 103 Å². The molecule has 3 aromatic rings. The van der Waals surface area contributed by atoms with Crippen LogP contribution >= 0.6 is 11.3 Å². The van der Waals surface area contributed by atoms with Gasteiger partial charge in [-0.2, -0.15) is 5.10 Å². The van der Waals surface area contributed by atoms with Crippen LogP contribution in [0.2, 0.25) is 0 Å². The van der Waals surface area contributed by atoms with Gasteiger partial charge in [-0.25, -0.2) is 9.50 Å². The van der Waals surface area contributed by atoms with Crippen LogP contribution < -0.4 is 5.73 Å². The average molecular weight is 244 g/mol. The predicted octanol–water partition coefficient (Wildman–Crippen LogP) is 2.27. The topological polar surface area (TPSA) is 56.2 Å². The maximum absolute atomic E-state index is 5.78. The number of fused-ring (bicyclic) bond motifs is 1. The molecule has 3 aromatic heterocycles. The Balaban J connectivity index is 2.05. The molecule has 3 rings (SSSR count). The lowest BCUT2D eigenvalue weighted by atomic mass is 10.3. The molecular weight excluding hydrogens is 232 g/mol. The first-order valence-corrected chi connectivity index (χ1v) is 6.24. The summed E-state index contributed by atoms with van der Waals surface area (Å²) in [6.45, 7) is 2.00. The van der Waals surface area contributed by atoms with E-state index in [-0.39, 0.29) is 0 Å². The van der Waals surface area contributed by atoms with Gasteiger partial charge in [-0.3, -0.25) is 0 Å². The highest BCUT2D eigenvalue weighted by atomic mass is 32.1. The zero-order chi connectivity index (χ0) is 11.8. The Hall–Kier alpha value is -1.88. The summed E-state index contributed by atoms with van der Waals surface area (Å²) >= 11 is 1.72. The minimum Gasteiger partial charge on any atom is -0.397 e. The number of hydrogen-bond acceptors (Lipinski definition) is 4. The molecule has 17 heavy (non-hydrogen) atoms. The fourth-order valence-electron chi connectivity index (χ4n) is 1.86. The Morgan fingerprint density at radius 1 is 1.47 bits per heavy atom. The molecular formula is C12H12N4S. The van der Waals surface area contributed by atoms with E-state index in [1.165, 1.54) is 4.88 Å². The minimum absolute atomic E-state index is 0.711. The van der Waals surface area contributed by atoms with Crippen molar-refractivity contribution in [2.45, 2.75) is 13.3 Å². The Bertz CT molecular complexity index is 655. The van der Waals surface area contributed by atoms with E-state index in [2.05, 4.69) is 21.5 Å². The Kier molecular flexibility index (Phi) is 2.33. The highest BCUT2D eigenvalue weighted by Crippen LogP contribution is 2.16. The van der Waals surface area contributed by atoms with Crippen molar-refractivity contribution in [2.75, 3.05) is 5.73 Å². The van der Waals surface area contributed by atoms with Crippen LogP contribution in [0.15, 0.2) is 29.8 Å². The van der Waals surface area contributed by atoms with Crippen molar-refractivity contribution in [3.8, 4) is 0 Å². The molecule has 0 bridgehead atoms. The number of nitrogens with two attached hydrogens (primary N) is 1. The molecule has 0 fully saturated rings. The summed E-state index contributed by atoms with van der Waals surface area (Å²) in [7, 11) is 0. The summed E-state index contributed by atoms with van der Waals surface area (Å²) in [6, 6.07) is 6.05. The van der Waals surface area contributed by atoms with Crippen LogP contribution in [0.4, 0.5) is 5.69 Å². The normalized spacial score (nSPS) is 11.1. The summed E-state index contributed by atoms with van der Waals surface area (Å²) in [5, 5.41) is 6.51. The molecule has 0 aromatic carbocycles. The van der Waals surface area contributed by atoms with Crippen molar-refractivity contribution < 1.29 is 0 Å². The number of nitrogens with zero attached hydrogens (tertiary/aromatic N) is 3. The van der Waals surface area contributed by atoms with E-state index >= 15 is 0 Å². The van der Waals surface area contributed by atoms with Crippen molar-refractivity contribution in [3.05, 3.63) is 46.0 Å². The third-order valence-corrected chi connectivity index (χ3v) is 3.47. The van der Waals surface area contributed by atoms with Gasteiger partial charge in [0.15, 0.2) is 11.5 Å². The third kappa shape index (κ3) is 1.89. The molecule has 0 atom stereocenters. The molecule has 3 heterocycles. The predicted molar refractivity (Wildman–Crippen MR) is 69.3 cm³/mol. The highest BCUT2D eigenvalue weighted by Gasteiger charge is 2.07. The second kappa shape index (κ2) is 3.85. The molecule has 0 spiro atoms. The quantitative estimate of drug-likeness (QED) is 0.752. The van der Waals surface area contributed by atoms with Crippen molar-refractivity contribution in [1.29, 1.82) is 0 Å². The fourth-order valence-corrected chi connectivity index (χ4v) is 2.56.